The number of anilines is 1. The molecule has 6 heteroatoms. The lowest BCUT2D eigenvalue weighted by atomic mass is 10.1. The average Bonchev–Trinajstić information content (AvgIpc) is 2.81. The van der Waals surface area contributed by atoms with E-state index in [1.165, 1.54) is 0 Å². The molecule has 2 heterocycles. The molecule has 1 amide bonds. The van der Waals surface area contributed by atoms with Crippen molar-refractivity contribution in [2.75, 3.05) is 4.90 Å². The van der Waals surface area contributed by atoms with Gasteiger partial charge in [-0.3, -0.25) is 9.69 Å². The summed E-state index contributed by atoms with van der Waals surface area (Å²) in [5, 5.41) is 3.95. The molecule has 0 saturated carbocycles. The van der Waals surface area contributed by atoms with Crippen LogP contribution >= 0.6 is 15.9 Å². The van der Waals surface area contributed by atoms with Gasteiger partial charge in [-0.25, -0.2) is 4.98 Å². The normalized spacial score (nSPS) is 11.0. The van der Waals surface area contributed by atoms with Crippen molar-refractivity contribution in [2.45, 2.75) is 40.2 Å². The molecular formula is C15H18BrN3O2. The zero-order chi connectivity index (χ0) is 15.6. The summed E-state index contributed by atoms with van der Waals surface area (Å²) in [6.45, 7) is 7.62. The highest BCUT2D eigenvalue weighted by molar-refractivity contribution is 9.10. The van der Waals surface area contributed by atoms with Gasteiger partial charge < -0.3 is 4.52 Å². The summed E-state index contributed by atoms with van der Waals surface area (Å²) in [7, 11) is 0. The number of hydrogen-bond donors (Lipinski definition) is 0. The second kappa shape index (κ2) is 6.39. The molecule has 2 aromatic heterocycles. The van der Waals surface area contributed by atoms with E-state index in [4.69, 9.17) is 4.52 Å². The molecule has 0 fully saturated rings. The van der Waals surface area contributed by atoms with E-state index in [-0.39, 0.29) is 11.9 Å². The summed E-state index contributed by atoms with van der Waals surface area (Å²) < 4.78 is 6.04. The predicted molar refractivity (Wildman–Crippen MR) is 84.5 cm³/mol. The maximum Gasteiger partial charge on any atom is 0.265 e. The lowest BCUT2D eigenvalue weighted by Gasteiger charge is -2.25. The Hall–Kier alpha value is -1.69. The first-order valence-electron chi connectivity index (χ1n) is 6.86. The molecule has 0 aliphatic carbocycles. The number of nitrogens with zero attached hydrogens (tertiary/aromatic N) is 3. The Morgan fingerprint density at radius 3 is 2.67 bits per heavy atom. The first-order valence-corrected chi connectivity index (χ1v) is 7.65. The first kappa shape index (κ1) is 15.7. The van der Waals surface area contributed by atoms with Crippen LogP contribution in [-0.4, -0.2) is 22.1 Å². The molecule has 0 aromatic carbocycles. The van der Waals surface area contributed by atoms with E-state index in [1.807, 2.05) is 32.9 Å². The lowest BCUT2D eigenvalue weighted by Crippen LogP contribution is -2.38. The molecule has 112 valence electrons. The van der Waals surface area contributed by atoms with E-state index in [1.54, 1.807) is 18.0 Å². The number of halogens is 1. The second-order valence-electron chi connectivity index (χ2n) is 5.02. The molecular weight excluding hydrogens is 334 g/mol. The molecule has 0 N–H and O–H groups in total. The van der Waals surface area contributed by atoms with Crippen molar-refractivity contribution in [3.05, 3.63) is 39.8 Å². The summed E-state index contributed by atoms with van der Waals surface area (Å²) >= 11 is 3.35. The Labute approximate surface area is 132 Å². The Morgan fingerprint density at radius 1 is 1.43 bits per heavy atom. The topological polar surface area (TPSA) is 59.2 Å². The average molecular weight is 352 g/mol. The van der Waals surface area contributed by atoms with E-state index in [9.17, 15) is 4.79 Å². The van der Waals surface area contributed by atoms with Crippen LogP contribution in [0.1, 0.15) is 42.6 Å². The Kier molecular flexibility index (Phi) is 4.77. The van der Waals surface area contributed by atoms with Crippen molar-refractivity contribution in [3.8, 4) is 0 Å². The Balaban J connectivity index is 2.45. The van der Waals surface area contributed by atoms with Crippen LogP contribution in [0.4, 0.5) is 5.82 Å². The molecule has 0 radical (unpaired) electrons. The predicted octanol–water partition coefficient (Wildman–Crippen LogP) is 3.76. The fourth-order valence-corrected chi connectivity index (χ4v) is 2.40. The zero-order valence-electron chi connectivity index (χ0n) is 12.6. The molecule has 0 saturated heterocycles. The third-order valence-corrected chi connectivity index (χ3v) is 3.65. The van der Waals surface area contributed by atoms with E-state index < -0.39 is 0 Å². The van der Waals surface area contributed by atoms with Gasteiger partial charge in [0.05, 0.1) is 5.69 Å². The van der Waals surface area contributed by atoms with Crippen LogP contribution in [0, 0.1) is 6.92 Å². The quantitative estimate of drug-likeness (QED) is 0.841. The molecule has 21 heavy (non-hydrogen) atoms. The van der Waals surface area contributed by atoms with Gasteiger partial charge in [-0.15, -0.1) is 0 Å². The van der Waals surface area contributed by atoms with Gasteiger partial charge in [0.2, 0.25) is 0 Å². The third-order valence-electron chi connectivity index (χ3n) is 3.18. The van der Waals surface area contributed by atoms with Crippen molar-refractivity contribution >= 4 is 27.7 Å². The number of hydrogen-bond acceptors (Lipinski definition) is 4. The minimum Gasteiger partial charge on any atom is -0.361 e. The maximum absolute atomic E-state index is 12.9. The standard InChI is InChI=1S/C15H18BrN3O2/c1-5-12-14(10(4)21-18-12)15(20)19(9(2)3)13-7-6-11(16)8-17-13/h6-9H,5H2,1-4H3. The van der Waals surface area contributed by atoms with Crippen LogP contribution in [0.2, 0.25) is 0 Å². The van der Waals surface area contributed by atoms with Gasteiger partial charge in [0.1, 0.15) is 17.1 Å². The minimum absolute atomic E-state index is 0.0230. The van der Waals surface area contributed by atoms with Gasteiger partial charge in [0.25, 0.3) is 5.91 Å². The number of amides is 1. The van der Waals surface area contributed by atoms with Crippen LogP contribution in [0.15, 0.2) is 27.3 Å². The highest BCUT2D eigenvalue weighted by Crippen LogP contribution is 2.23. The van der Waals surface area contributed by atoms with Crippen molar-refractivity contribution in [1.82, 2.24) is 10.1 Å². The molecule has 2 aromatic rings. The molecule has 0 spiro atoms. The number of carbonyl (C=O) groups is 1. The lowest BCUT2D eigenvalue weighted by molar-refractivity contribution is 0.0977. The monoisotopic (exact) mass is 351 g/mol. The van der Waals surface area contributed by atoms with Gasteiger partial charge in [-0.2, -0.15) is 0 Å². The molecule has 2 rings (SSSR count). The van der Waals surface area contributed by atoms with E-state index in [2.05, 4.69) is 26.1 Å². The van der Waals surface area contributed by atoms with Crippen LogP contribution in [0.3, 0.4) is 0 Å². The second-order valence-corrected chi connectivity index (χ2v) is 5.93. The van der Waals surface area contributed by atoms with Crippen LogP contribution < -0.4 is 4.90 Å². The van der Waals surface area contributed by atoms with Crippen LogP contribution in [-0.2, 0) is 6.42 Å². The first-order chi connectivity index (χ1) is 9.95. The van der Waals surface area contributed by atoms with Gasteiger partial charge >= 0.3 is 0 Å². The summed E-state index contributed by atoms with van der Waals surface area (Å²) in [5.41, 5.74) is 1.22. The molecule has 0 aliphatic heterocycles. The smallest absolute Gasteiger partial charge is 0.265 e. The number of aryl methyl sites for hydroxylation is 2. The summed E-state index contributed by atoms with van der Waals surface area (Å²) in [5.74, 6) is 1.02. The van der Waals surface area contributed by atoms with Crippen molar-refractivity contribution in [3.63, 3.8) is 0 Å². The van der Waals surface area contributed by atoms with Gasteiger partial charge in [0.15, 0.2) is 0 Å². The summed E-state index contributed by atoms with van der Waals surface area (Å²) in [4.78, 5) is 18.9. The van der Waals surface area contributed by atoms with Gasteiger partial charge in [-0.1, -0.05) is 12.1 Å². The van der Waals surface area contributed by atoms with E-state index >= 15 is 0 Å². The fourth-order valence-electron chi connectivity index (χ4n) is 2.17. The number of rotatable bonds is 4. The van der Waals surface area contributed by atoms with E-state index in [0.717, 1.165) is 4.47 Å². The highest BCUT2D eigenvalue weighted by atomic mass is 79.9. The van der Waals surface area contributed by atoms with Gasteiger partial charge in [0, 0.05) is 16.7 Å². The Morgan fingerprint density at radius 2 is 2.14 bits per heavy atom. The summed E-state index contributed by atoms with van der Waals surface area (Å²) in [6.07, 6.45) is 2.33. The maximum atomic E-state index is 12.9. The van der Waals surface area contributed by atoms with Crippen molar-refractivity contribution in [2.24, 2.45) is 0 Å². The Bertz CT molecular complexity index is 635. The fraction of sp³-hybridized carbons (Fsp3) is 0.400. The molecule has 0 atom stereocenters. The van der Waals surface area contributed by atoms with Crippen molar-refractivity contribution in [1.29, 1.82) is 0 Å². The van der Waals surface area contributed by atoms with Crippen molar-refractivity contribution < 1.29 is 9.32 Å². The minimum atomic E-state index is -0.129. The number of aromatic nitrogens is 2. The zero-order valence-corrected chi connectivity index (χ0v) is 14.1. The number of carbonyl (C=O) groups excluding carboxylic acids is 1. The van der Waals surface area contributed by atoms with Crippen LogP contribution in [0.5, 0.6) is 0 Å². The third kappa shape index (κ3) is 3.15. The van der Waals surface area contributed by atoms with E-state index in [0.29, 0.717) is 29.3 Å². The molecule has 0 unspecified atom stereocenters. The largest absolute Gasteiger partial charge is 0.361 e. The molecule has 0 bridgehead atoms. The molecule has 0 aliphatic rings. The van der Waals surface area contributed by atoms with Crippen LogP contribution in [0.25, 0.3) is 0 Å². The van der Waals surface area contributed by atoms with Gasteiger partial charge in [-0.05, 0) is 55.3 Å². The molecule has 5 nitrogen and oxygen atoms in total. The highest BCUT2D eigenvalue weighted by Gasteiger charge is 2.28. The summed E-state index contributed by atoms with van der Waals surface area (Å²) in [6, 6.07) is 3.66. The number of pyridine rings is 1. The SMILES string of the molecule is CCc1noc(C)c1C(=O)N(c1ccc(Br)cn1)C(C)C.